The predicted molar refractivity (Wildman–Crippen MR) is 100 cm³/mol. The summed E-state index contributed by atoms with van der Waals surface area (Å²) >= 11 is 0. The molecule has 5 fully saturated rings. The quantitative estimate of drug-likeness (QED) is 0.497. The first-order valence-corrected chi connectivity index (χ1v) is 10.9. The van der Waals surface area contributed by atoms with Crippen LogP contribution in [0.3, 0.4) is 0 Å². The number of carbonyl (C=O) groups excluding carboxylic acids is 1. The third kappa shape index (κ3) is 2.01. The highest BCUT2D eigenvalue weighted by atomic mass is 16.6. The lowest BCUT2D eigenvalue weighted by atomic mass is 9.39. The number of carbonyl (C=O) groups is 1. The van der Waals surface area contributed by atoms with E-state index in [2.05, 4.69) is 6.92 Å². The largest absolute Gasteiger partial charge is 0.462 e. The topological polar surface area (TPSA) is 99.5 Å². The van der Waals surface area contributed by atoms with Gasteiger partial charge in [-0.05, 0) is 61.7 Å². The van der Waals surface area contributed by atoms with Gasteiger partial charge in [-0.2, -0.15) is 0 Å². The van der Waals surface area contributed by atoms with Crippen LogP contribution in [0.4, 0.5) is 0 Å². The van der Waals surface area contributed by atoms with Gasteiger partial charge in [-0.15, -0.1) is 0 Å². The summed E-state index contributed by atoms with van der Waals surface area (Å²) in [5.74, 6) is 0.412. The van der Waals surface area contributed by atoms with Crippen LogP contribution in [-0.4, -0.2) is 58.4 Å². The van der Waals surface area contributed by atoms with Crippen LogP contribution in [0, 0.1) is 34.0 Å². The molecule has 10 atom stereocenters. The van der Waals surface area contributed by atoms with Crippen LogP contribution >= 0.6 is 0 Å². The van der Waals surface area contributed by atoms with Gasteiger partial charge in [-0.25, -0.2) is 0 Å². The molecule has 1 heterocycles. The van der Waals surface area contributed by atoms with E-state index in [1.165, 1.54) is 6.92 Å². The fraction of sp³-hybridized carbons (Fsp3) is 0.955. The molecule has 0 aromatic heterocycles. The van der Waals surface area contributed by atoms with Gasteiger partial charge in [0, 0.05) is 17.8 Å². The zero-order valence-electron chi connectivity index (χ0n) is 17.2. The van der Waals surface area contributed by atoms with Gasteiger partial charge in [0.05, 0.1) is 25.4 Å². The Morgan fingerprint density at radius 3 is 2.54 bits per heavy atom. The molecule has 1 saturated heterocycles. The average molecular weight is 395 g/mol. The molecule has 0 amide bonds. The molecule has 1 aliphatic heterocycles. The lowest BCUT2D eigenvalue weighted by Crippen LogP contribution is -2.66. The number of fused-ring (bicyclic) bond motifs is 5. The minimum Gasteiger partial charge on any atom is -0.462 e. The van der Waals surface area contributed by atoms with Crippen molar-refractivity contribution in [2.75, 3.05) is 13.2 Å². The van der Waals surface area contributed by atoms with Crippen molar-refractivity contribution in [1.82, 2.24) is 0 Å². The minimum atomic E-state index is -0.560. The summed E-state index contributed by atoms with van der Waals surface area (Å²) in [5, 5.41) is 31.9. The molecule has 28 heavy (non-hydrogen) atoms. The average Bonchev–Trinajstić information content (AvgIpc) is 3.38. The summed E-state index contributed by atoms with van der Waals surface area (Å²) < 4.78 is 11.8. The van der Waals surface area contributed by atoms with Crippen LogP contribution in [0.1, 0.15) is 59.3 Å². The molecular formula is C22H34O6. The Morgan fingerprint density at radius 2 is 1.89 bits per heavy atom. The van der Waals surface area contributed by atoms with Crippen LogP contribution in [0.2, 0.25) is 0 Å². The molecule has 5 rings (SSSR count). The van der Waals surface area contributed by atoms with E-state index < -0.39 is 17.1 Å². The summed E-state index contributed by atoms with van der Waals surface area (Å²) in [4.78, 5) is 11.7. The molecule has 5 aliphatic rings. The Bertz CT molecular complexity index is 697. The number of hydrogen-bond donors (Lipinski definition) is 3. The lowest BCUT2D eigenvalue weighted by molar-refractivity contribution is -0.244. The smallest absolute Gasteiger partial charge is 0.302 e. The summed E-state index contributed by atoms with van der Waals surface area (Å²) in [7, 11) is 0. The summed E-state index contributed by atoms with van der Waals surface area (Å²) in [6.07, 6.45) is 4.40. The van der Waals surface area contributed by atoms with E-state index in [9.17, 15) is 20.1 Å². The molecule has 0 aromatic carbocycles. The summed E-state index contributed by atoms with van der Waals surface area (Å²) in [6.45, 7) is 5.77. The van der Waals surface area contributed by atoms with Gasteiger partial charge in [0.2, 0.25) is 0 Å². The van der Waals surface area contributed by atoms with Crippen LogP contribution in [-0.2, 0) is 14.3 Å². The first-order chi connectivity index (χ1) is 13.2. The number of rotatable bonds is 3. The Kier molecular flexibility index (Phi) is 3.94. The van der Waals surface area contributed by atoms with Gasteiger partial charge < -0.3 is 24.8 Å². The third-order valence-electron chi connectivity index (χ3n) is 10.00. The van der Waals surface area contributed by atoms with Crippen molar-refractivity contribution in [1.29, 1.82) is 0 Å². The van der Waals surface area contributed by atoms with Crippen molar-refractivity contribution >= 4 is 5.97 Å². The maximum Gasteiger partial charge on any atom is 0.302 e. The van der Waals surface area contributed by atoms with Gasteiger partial charge in [0.1, 0.15) is 11.7 Å². The number of ether oxygens (including phenoxy) is 2. The predicted octanol–water partition coefficient (Wildman–Crippen LogP) is 1.64. The molecule has 2 bridgehead atoms. The molecule has 158 valence electrons. The summed E-state index contributed by atoms with van der Waals surface area (Å²) in [6, 6.07) is 0. The molecule has 4 aliphatic carbocycles. The van der Waals surface area contributed by atoms with Crippen molar-refractivity contribution in [2.24, 2.45) is 34.0 Å². The van der Waals surface area contributed by atoms with Crippen molar-refractivity contribution in [3.63, 3.8) is 0 Å². The highest BCUT2D eigenvalue weighted by molar-refractivity contribution is 5.66. The van der Waals surface area contributed by atoms with Crippen molar-refractivity contribution in [3.05, 3.63) is 0 Å². The highest BCUT2D eigenvalue weighted by Crippen LogP contribution is 2.78. The number of aliphatic hydroxyl groups excluding tert-OH is 3. The zero-order valence-corrected chi connectivity index (χ0v) is 17.2. The number of hydrogen-bond acceptors (Lipinski definition) is 6. The van der Waals surface area contributed by atoms with Crippen molar-refractivity contribution in [3.8, 4) is 0 Å². The molecule has 4 saturated carbocycles. The Balaban J connectivity index is 1.54. The Hall–Kier alpha value is -0.690. The van der Waals surface area contributed by atoms with Crippen molar-refractivity contribution in [2.45, 2.75) is 83.2 Å². The van der Waals surface area contributed by atoms with Crippen LogP contribution in [0.25, 0.3) is 0 Å². The third-order valence-corrected chi connectivity index (χ3v) is 10.00. The summed E-state index contributed by atoms with van der Waals surface area (Å²) in [5.41, 5.74) is -1.30. The molecular weight excluding hydrogens is 360 g/mol. The second kappa shape index (κ2) is 5.71. The molecule has 1 spiro atoms. The lowest BCUT2D eigenvalue weighted by Gasteiger charge is -2.66. The van der Waals surface area contributed by atoms with Crippen LogP contribution < -0.4 is 0 Å². The van der Waals surface area contributed by atoms with E-state index in [0.29, 0.717) is 18.3 Å². The number of esters is 1. The fourth-order valence-corrected chi connectivity index (χ4v) is 8.74. The van der Waals surface area contributed by atoms with Gasteiger partial charge in [0.15, 0.2) is 0 Å². The van der Waals surface area contributed by atoms with E-state index in [1.807, 2.05) is 6.92 Å². The number of epoxide rings is 1. The van der Waals surface area contributed by atoms with E-state index in [4.69, 9.17) is 9.47 Å². The standard InChI is InChI=1S/C22H34O6/c1-12(25)27-17-6-7-19(2)14-5-4-13-9-21(14,18-22(13,11-24)28-18)16(26)8-15(19)20(17,3)10-23/h13-18,23-24,26H,4-11H2,1-3H3. The second-order valence-electron chi connectivity index (χ2n) is 10.9. The SMILES string of the molecule is CC(=O)OC1CCC2(C)C(CC(O)C34CC(CCC23)C2(CO)OC24)C1(C)CO. The molecule has 6 heteroatoms. The first-order valence-electron chi connectivity index (χ1n) is 10.9. The van der Waals surface area contributed by atoms with Gasteiger partial charge >= 0.3 is 5.97 Å². The van der Waals surface area contributed by atoms with E-state index in [0.717, 1.165) is 32.1 Å². The zero-order chi connectivity index (χ0) is 20.1. The maximum atomic E-state index is 11.7. The second-order valence-corrected chi connectivity index (χ2v) is 10.9. The van der Waals surface area contributed by atoms with E-state index >= 15 is 0 Å². The Labute approximate surface area is 166 Å². The monoisotopic (exact) mass is 394 g/mol. The van der Waals surface area contributed by atoms with E-state index in [1.54, 1.807) is 0 Å². The highest BCUT2D eigenvalue weighted by Gasteiger charge is 2.83. The normalized spacial score (nSPS) is 59.1. The van der Waals surface area contributed by atoms with Crippen molar-refractivity contribution < 1.29 is 29.6 Å². The molecule has 6 nitrogen and oxygen atoms in total. The van der Waals surface area contributed by atoms with Gasteiger partial charge in [-0.3, -0.25) is 4.79 Å². The first kappa shape index (κ1) is 19.3. The minimum absolute atomic E-state index is 0.0400. The molecule has 3 N–H and O–H groups in total. The number of aliphatic hydroxyl groups is 3. The van der Waals surface area contributed by atoms with Gasteiger partial charge in [0.25, 0.3) is 0 Å². The van der Waals surface area contributed by atoms with Crippen LogP contribution in [0.5, 0.6) is 0 Å². The maximum absolute atomic E-state index is 11.7. The molecule has 10 unspecified atom stereocenters. The van der Waals surface area contributed by atoms with Gasteiger partial charge in [-0.1, -0.05) is 13.8 Å². The van der Waals surface area contributed by atoms with E-state index in [-0.39, 0.29) is 48.1 Å². The Morgan fingerprint density at radius 1 is 1.14 bits per heavy atom. The molecule has 0 aromatic rings. The molecule has 0 radical (unpaired) electrons. The van der Waals surface area contributed by atoms with Crippen LogP contribution in [0.15, 0.2) is 0 Å². The fourth-order valence-electron chi connectivity index (χ4n) is 8.74.